The van der Waals surface area contributed by atoms with Crippen molar-refractivity contribution in [3.63, 3.8) is 0 Å². The molecule has 4 unspecified atom stereocenters. The topological polar surface area (TPSA) is 30.5 Å². The van der Waals surface area contributed by atoms with E-state index in [1.165, 1.54) is 0 Å². The molecule has 0 bridgehead atoms. The summed E-state index contributed by atoms with van der Waals surface area (Å²) in [5.41, 5.74) is 0. The maximum atomic E-state index is 5.69. The molecule has 3 heteroatoms. The molecule has 0 aliphatic rings. The van der Waals surface area contributed by atoms with E-state index in [0.717, 1.165) is 12.8 Å². The lowest BCUT2D eigenvalue weighted by molar-refractivity contribution is -0.0756. The van der Waals surface area contributed by atoms with Gasteiger partial charge in [-0.2, -0.15) is 0 Å². The summed E-state index contributed by atoms with van der Waals surface area (Å²) in [6.45, 7) is 12.4. The average Bonchev–Trinajstić information content (AvgIpc) is 2.16. The Labute approximate surface area is 94.5 Å². The van der Waals surface area contributed by atoms with E-state index in [2.05, 4.69) is 33.0 Å². The maximum absolute atomic E-state index is 5.69. The van der Waals surface area contributed by atoms with Crippen molar-refractivity contribution in [1.29, 1.82) is 0 Å². The first-order chi connectivity index (χ1) is 6.99. The van der Waals surface area contributed by atoms with Gasteiger partial charge >= 0.3 is 0 Å². The zero-order valence-electron chi connectivity index (χ0n) is 11.0. The van der Waals surface area contributed by atoms with Gasteiger partial charge in [0.2, 0.25) is 0 Å². The van der Waals surface area contributed by atoms with Gasteiger partial charge in [0.25, 0.3) is 0 Å². The molecule has 3 nitrogen and oxygen atoms in total. The average molecular weight is 217 g/mol. The smallest absolute Gasteiger partial charge is 0.107 e. The van der Waals surface area contributed by atoms with E-state index in [0.29, 0.717) is 12.2 Å². The highest BCUT2D eigenvalue weighted by atomic mass is 16.5. The van der Waals surface area contributed by atoms with Gasteiger partial charge in [0.15, 0.2) is 0 Å². The highest BCUT2D eigenvalue weighted by molar-refractivity contribution is 4.56. The molecular formula is C12H27NO2. The van der Waals surface area contributed by atoms with Gasteiger partial charge in [-0.3, -0.25) is 5.32 Å². The standard InChI is InChI=1S/C12H27NO2/c1-7-9(3)14-11(5)13-12(6)15-10(4)8-2/h9-13H,7-8H2,1-6H3. The van der Waals surface area contributed by atoms with Crippen LogP contribution in [0, 0.1) is 0 Å². The monoisotopic (exact) mass is 217 g/mol. The zero-order chi connectivity index (χ0) is 11.8. The van der Waals surface area contributed by atoms with E-state index in [1.54, 1.807) is 0 Å². The molecule has 92 valence electrons. The van der Waals surface area contributed by atoms with Gasteiger partial charge in [-0.15, -0.1) is 0 Å². The van der Waals surface area contributed by atoms with Crippen molar-refractivity contribution in [2.45, 2.75) is 79.0 Å². The molecule has 0 aromatic carbocycles. The van der Waals surface area contributed by atoms with Crippen molar-refractivity contribution in [2.24, 2.45) is 0 Å². The van der Waals surface area contributed by atoms with Crippen molar-refractivity contribution in [3.05, 3.63) is 0 Å². The highest BCUT2D eigenvalue weighted by Crippen LogP contribution is 2.03. The normalized spacial score (nSPS) is 19.6. The van der Waals surface area contributed by atoms with E-state index < -0.39 is 0 Å². The molecule has 15 heavy (non-hydrogen) atoms. The van der Waals surface area contributed by atoms with Gasteiger partial charge in [0.1, 0.15) is 12.5 Å². The predicted octanol–water partition coefficient (Wildman–Crippen LogP) is 2.90. The molecule has 0 aromatic heterocycles. The molecule has 0 fully saturated rings. The second kappa shape index (κ2) is 8.08. The molecule has 0 aliphatic carbocycles. The molecule has 4 atom stereocenters. The summed E-state index contributed by atoms with van der Waals surface area (Å²) >= 11 is 0. The van der Waals surface area contributed by atoms with Gasteiger partial charge in [-0.05, 0) is 40.5 Å². The van der Waals surface area contributed by atoms with Crippen molar-refractivity contribution in [1.82, 2.24) is 5.32 Å². The first-order valence-electron chi connectivity index (χ1n) is 6.06. The van der Waals surface area contributed by atoms with Crippen molar-refractivity contribution in [3.8, 4) is 0 Å². The van der Waals surface area contributed by atoms with E-state index in [-0.39, 0.29) is 12.5 Å². The van der Waals surface area contributed by atoms with Gasteiger partial charge < -0.3 is 9.47 Å². The van der Waals surface area contributed by atoms with Crippen LogP contribution in [0.3, 0.4) is 0 Å². The zero-order valence-corrected chi connectivity index (χ0v) is 11.0. The molecule has 0 rings (SSSR count). The van der Waals surface area contributed by atoms with Crippen LogP contribution in [0.1, 0.15) is 54.4 Å². The minimum absolute atomic E-state index is 0.0407. The molecule has 0 heterocycles. The van der Waals surface area contributed by atoms with E-state index in [4.69, 9.17) is 9.47 Å². The molecule has 0 amide bonds. The minimum atomic E-state index is 0.0407. The molecule has 0 spiro atoms. The molecule has 0 aliphatic heterocycles. The maximum Gasteiger partial charge on any atom is 0.107 e. The van der Waals surface area contributed by atoms with E-state index in [9.17, 15) is 0 Å². The number of rotatable bonds is 8. The van der Waals surface area contributed by atoms with Gasteiger partial charge in [-0.25, -0.2) is 0 Å². The Kier molecular flexibility index (Phi) is 8.02. The second-order valence-electron chi connectivity index (χ2n) is 4.16. The third-order valence-corrected chi connectivity index (χ3v) is 2.49. The number of ether oxygens (including phenoxy) is 2. The lowest BCUT2D eigenvalue weighted by Gasteiger charge is -2.25. The van der Waals surface area contributed by atoms with Crippen LogP contribution in [0.25, 0.3) is 0 Å². The first-order valence-corrected chi connectivity index (χ1v) is 6.06. The molecular weight excluding hydrogens is 190 g/mol. The summed E-state index contributed by atoms with van der Waals surface area (Å²) in [6.07, 6.45) is 2.74. The van der Waals surface area contributed by atoms with Crippen molar-refractivity contribution in [2.75, 3.05) is 0 Å². The van der Waals surface area contributed by atoms with Crippen LogP contribution >= 0.6 is 0 Å². The van der Waals surface area contributed by atoms with Crippen LogP contribution in [0.4, 0.5) is 0 Å². The van der Waals surface area contributed by atoms with Gasteiger partial charge in [-0.1, -0.05) is 13.8 Å². The van der Waals surface area contributed by atoms with Crippen molar-refractivity contribution < 1.29 is 9.47 Å². The van der Waals surface area contributed by atoms with E-state index >= 15 is 0 Å². The Morgan fingerprint density at radius 3 is 1.40 bits per heavy atom. The van der Waals surface area contributed by atoms with Crippen LogP contribution in [-0.4, -0.2) is 24.7 Å². The Bertz CT molecular complexity index is 137. The summed E-state index contributed by atoms with van der Waals surface area (Å²) < 4.78 is 11.4. The fourth-order valence-electron chi connectivity index (χ4n) is 1.30. The summed E-state index contributed by atoms with van der Waals surface area (Å²) in [5.74, 6) is 0. The number of hydrogen-bond donors (Lipinski definition) is 1. The van der Waals surface area contributed by atoms with Crippen LogP contribution < -0.4 is 5.32 Å². The van der Waals surface area contributed by atoms with Crippen LogP contribution in [0.15, 0.2) is 0 Å². The molecule has 1 N–H and O–H groups in total. The van der Waals surface area contributed by atoms with Gasteiger partial charge in [0, 0.05) is 0 Å². The molecule has 0 saturated carbocycles. The summed E-state index contributed by atoms with van der Waals surface area (Å²) in [4.78, 5) is 0. The fourth-order valence-corrected chi connectivity index (χ4v) is 1.30. The Morgan fingerprint density at radius 1 is 0.800 bits per heavy atom. The molecule has 0 aromatic rings. The molecule has 0 saturated heterocycles. The number of hydrogen-bond acceptors (Lipinski definition) is 3. The highest BCUT2D eigenvalue weighted by Gasteiger charge is 2.12. The summed E-state index contributed by atoms with van der Waals surface area (Å²) in [5, 5.41) is 3.27. The van der Waals surface area contributed by atoms with Crippen LogP contribution in [0.5, 0.6) is 0 Å². The summed E-state index contributed by atoms with van der Waals surface area (Å²) in [7, 11) is 0. The summed E-state index contributed by atoms with van der Waals surface area (Å²) in [6, 6.07) is 0. The van der Waals surface area contributed by atoms with Gasteiger partial charge in [0.05, 0.1) is 12.2 Å². The fraction of sp³-hybridized carbons (Fsp3) is 1.00. The second-order valence-corrected chi connectivity index (χ2v) is 4.16. The largest absolute Gasteiger partial charge is 0.361 e. The molecule has 0 radical (unpaired) electrons. The lowest BCUT2D eigenvalue weighted by atomic mass is 10.3. The predicted molar refractivity (Wildman–Crippen MR) is 63.7 cm³/mol. The van der Waals surface area contributed by atoms with Crippen molar-refractivity contribution >= 4 is 0 Å². The minimum Gasteiger partial charge on any atom is -0.361 e. The Morgan fingerprint density at radius 2 is 1.13 bits per heavy atom. The SMILES string of the molecule is CCC(C)OC(C)NC(C)OC(C)CC. The quantitative estimate of drug-likeness (QED) is 0.634. The lowest BCUT2D eigenvalue weighted by Crippen LogP contribution is -2.40. The Balaban J connectivity index is 3.70. The van der Waals surface area contributed by atoms with E-state index in [1.807, 2.05) is 13.8 Å². The van der Waals surface area contributed by atoms with Crippen LogP contribution in [-0.2, 0) is 9.47 Å². The van der Waals surface area contributed by atoms with Crippen LogP contribution in [0.2, 0.25) is 0 Å². The first kappa shape index (κ1) is 14.9. The third kappa shape index (κ3) is 7.77. The Hall–Kier alpha value is -0.120. The number of nitrogens with one attached hydrogen (secondary N) is 1. The third-order valence-electron chi connectivity index (χ3n) is 2.49.